The summed E-state index contributed by atoms with van der Waals surface area (Å²) < 4.78 is 15.6. The number of aliphatic hydroxyl groups is 7. The highest BCUT2D eigenvalue weighted by Gasteiger charge is 2.57. The van der Waals surface area contributed by atoms with Crippen LogP contribution in [0.25, 0.3) is 0 Å². The molecule has 2 heterocycles. The van der Waals surface area contributed by atoms with Gasteiger partial charge in [0.1, 0.15) is 43.2 Å². The fourth-order valence-electron chi connectivity index (χ4n) is 2.60. The van der Waals surface area contributed by atoms with Crippen molar-refractivity contribution in [1.82, 2.24) is 0 Å². The van der Waals surface area contributed by atoms with Gasteiger partial charge in [-0.2, -0.15) is 0 Å². The van der Waals surface area contributed by atoms with E-state index in [1.54, 1.807) is 0 Å². The lowest BCUT2D eigenvalue weighted by Gasteiger charge is -2.43. The molecule has 0 bridgehead atoms. The molecule has 7 N–H and O–H groups in total. The van der Waals surface area contributed by atoms with E-state index in [1.165, 1.54) is 6.92 Å². The Kier molecular flexibility index (Phi) is 5.39. The second-order valence-electron chi connectivity index (χ2n) is 5.54. The van der Waals surface area contributed by atoms with Crippen LogP contribution in [0.15, 0.2) is 0 Å². The molecule has 0 aromatic carbocycles. The normalized spacial score (nSPS) is 52.9. The first-order valence-corrected chi connectivity index (χ1v) is 6.90. The van der Waals surface area contributed by atoms with Crippen LogP contribution in [-0.4, -0.2) is 104 Å². The van der Waals surface area contributed by atoms with Gasteiger partial charge in [-0.15, -0.1) is 0 Å². The first kappa shape index (κ1) is 17.9. The van der Waals surface area contributed by atoms with Crippen LogP contribution < -0.4 is 0 Å². The van der Waals surface area contributed by atoms with Crippen LogP contribution in [0.3, 0.4) is 0 Å². The van der Waals surface area contributed by atoms with Crippen molar-refractivity contribution in [2.45, 2.75) is 61.7 Å². The summed E-state index contributed by atoms with van der Waals surface area (Å²) in [4.78, 5) is 0. The van der Waals surface area contributed by atoms with E-state index < -0.39 is 68.0 Å². The van der Waals surface area contributed by atoms with Crippen molar-refractivity contribution >= 4 is 0 Å². The Morgan fingerprint density at radius 2 is 1.59 bits per heavy atom. The first-order chi connectivity index (χ1) is 10.3. The summed E-state index contributed by atoms with van der Waals surface area (Å²) in [6, 6.07) is 0. The lowest BCUT2D eigenvalue weighted by atomic mass is 9.99. The van der Waals surface area contributed by atoms with Crippen molar-refractivity contribution < 1.29 is 50.0 Å². The Balaban J connectivity index is 2.17. The predicted octanol–water partition coefficient (Wildman–Crippen LogP) is -4.37. The zero-order valence-electron chi connectivity index (χ0n) is 11.9. The van der Waals surface area contributed by atoms with Gasteiger partial charge in [0.25, 0.3) is 0 Å². The quantitative estimate of drug-likeness (QED) is 0.268. The van der Waals surface area contributed by atoms with Crippen molar-refractivity contribution in [2.24, 2.45) is 0 Å². The third-order valence-electron chi connectivity index (χ3n) is 4.02. The molecule has 3 unspecified atom stereocenters. The molecular weight excluding hydrogens is 304 g/mol. The Hall–Kier alpha value is -0.400. The minimum atomic E-state index is -2.06. The first-order valence-electron chi connectivity index (χ1n) is 6.90. The van der Waals surface area contributed by atoms with Gasteiger partial charge in [-0.25, -0.2) is 0 Å². The van der Waals surface area contributed by atoms with Gasteiger partial charge in [0.05, 0.1) is 12.7 Å². The van der Waals surface area contributed by atoms with E-state index >= 15 is 0 Å². The summed E-state index contributed by atoms with van der Waals surface area (Å²) in [6.45, 7) is -0.0636. The summed E-state index contributed by atoms with van der Waals surface area (Å²) in [6.07, 6.45) is -11.6. The van der Waals surface area contributed by atoms with Crippen LogP contribution in [0.4, 0.5) is 0 Å². The minimum absolute atomic E-state index is 0.653. The summed E-state index contributed by atoms with van der Waals surface area (Å²) in [5.74, 6) is -2.06. The van der Waals surface area contributed by atoms with Gasteiger partial charge in [0, 0.05) is 0 Å². The molecule has 2 rings (SSSR count). The van der Waals surface area contributed by atoms with Gasteiger partial charge < -0.3 is 50.0 Å². The van der Waals surface area contributed by atoms with Gasteiger partial charge in [0.15, 0.2) is 6.29 Å². The maximum Gasteiger partial charge on any atom is 0.223 e. The van der Waals surface area contributed by atoms with Crippen LogP contribution in [0.2, 0.25) is 0 Å². The van der Waals surface area contributed by atoms with Crippen LogP contribution in [-0.2, 0) is 14.2 Å². The van der Waals surface area contributed by atoms with Gasteiger partial charge in [-0.05, 0) is 6.92 Å². The summed E-state index contributed by atoms with van der Waals surface area (Å²) in [7, 11) is 0. The lowest BCUT2D eigenvalue weighted by molar-refractivity contribution is -0.382. The van der Waals surface area contributed by atoms with Crippen LogP contribution in [0, 0.1) is 0 Å². The molecule has 2 fully saturated rings. The van der Waals surface area contributed by atoms with Crippen LogP contribution >= 0.6 is 0 Å². The van der Waals surface area contributed by atoms with E-state index in [0.717, 1.165) is 0 Å². The van der Waals surface area contributed by atoms with E-state index in [2.05, 4.69) is 0 Å². The lowest BCUT2D eigenvalue weighted by Crippen LogP contribution is -2.62. The van der Waals surface area contributed by atoms with E-state index in [-0.39, 0.29) is 0 Å². The van der Waals surface area contributed by atoms with Gasteiger partial charge in [-0.3, -0.25) is 0 Å². The van der Waals surface area contributed by atoms with Crippen molar-refractivity contribution in [3.05, 3.63) is 0 Å². The molecule has 0 aromatic rings. The molecule has 10 nitrogen and oxygen atoms in total. The zero-order valence-corrected chi connectivity index (χ0v) is 11.9. The standard InChI is InChI=1S/C12H22O10/c1-4-6(15)10(19)12(3-14,21-4)22-11-9(18)8(17)7(16)5(2-13)20-11/h4-11,13-19H,2-3H2,1H3/t4-,5?,6+,7-,8-,9?,10?,11-,12+/m1/s1. The highest BCUT2D eigenvalue weighted by atomic mass is 16.8. The molecule has 0 aromatic heterocycles. The molecule has 2 aliphatic heterocycles. The molecule has 0 aliphatic carbocycles. The zero-order chi connectivity index (χ0) is 16.7. The smallest absolute Gasteiger partial charge is 0.223 e. The number of rotatable bonds is 4. The predicted molar refractivity (Wildman–Crippen MR) is 67.2 cm³/mol. The molecule has 2 aliphatic rings. The monoisotopic (exact) mass is 326 g/mol. The summed E-state index contributed by atoms with van der Waals surface area (Å²) in [5.41, 5.74) is 0. The highest BCUT2D eigenvalue weighted by molar-refractivity contribution is 4.97. The number of hydrogen-bond acceptors (Lipinski definition) is 10. The average molecular weight is 326 g/mol. The number of aliphatic hydroxyl groups excluding tert-OH is 7. The average Bonchev–Trinajstić information content (AvgIpc) is 2.72. The molecule has 9 atom stereocenters. The fourth-order valence-corrected chi connectivity index (χ4v) is 2.60. The summed E-state index contributed by atoms with van der Waals surface area (Å²) in [5, 5.41) is 67.5. The molecule has 0 saturated carbocycles. The highest BCUT2D eigenvalue weighted by Crippen LogP contribution is 2.35. The van der Waals surface area contributed by atoms with Gasteiger partial charge in [-0.1, -0.05) is 0 Å². The van der Waals surface area contributed by atoms with Crippen molar-refractivity contribution in [2.75, 3.05) is 13.2 Å². The Bertz CT molecular complexity index is 379. The molecular formula is C12H22O10. The second-order valence-corrected chi connectivity index (χ2v) is 5.54. The maximum absolute atomic E-state index is 9.98. The van der Waals surface area contributed by atoms with Crippen molar-refractivity contribution in [3.8, 4) is 0 Å². The third-order valence-corrected chi connectivity index (χ3v) is 4.02. The second kappa shape index (κ2) is 6.61. The molecule has 130 valence electrons. The maximum atomic E-state index is 9.98. The molecule has 0 amide bonds. The largest absolute Gasteiger partial charge is 0.394 e. The molecule has 22 heavy (non-hydrogen) atoms. The van der Waals surface area contributed by atoms with E-state index in [9.17, 15) is 30.6 Å². The summed E-state index contributed by atoms with van der Waals surface area (Å²) >= 11 is 0. The van der Waals surface area contributed by atoms with Crippen LogP contribution in [0.1, 0.15) is 6.92 Å². The van der Waals surface area contributed by atoms with E-state index in [0.29, 0.717) is 0 Å². The fraction of sp³-hybridized carbons (Fsp3) is 1.00. The topological polar surface area (TPSA) is 169 Å². The van der Waals surface area contributed by atoms with Crippen molar-refractivity contribution in [3.63, 3.8) is 0 Å². The molecule has 10 heteroatoms. The Morgan fingerprint density at radius 1 is 0.955 bits per heavy atom. The Morgan fingerprint density at radius 3 is 2.05 bits per heavy atom. The molecule has 0 spiro atoms. The van der Waals surface area contributed by atoms with E-state index in [1.807, 2.05) is 0 Å². The SMILES string of the molecule is C[C@H]1O[C@@](CO)(O[C@H]2OC(CO)[C@@H](O)[C@@H](O)C2O)C(O)[C@H]1O. The van der Waals surface area contributed by atoms with Crippen molar-refractivity contribution in [1.29, 1.82) is 0 Å². The number of hydrogen-bond donors (Lipinski definition) is 7. The number of ether oxygens (including phenoxy) is 3. The molecule has 0 radical (unpaired) electrons. The third kappa shape index (κ3) is 2.87. The minimum Gasteiger partial charge on any atom is -0.394 e. The van der Waals surface area contributed by atoms with Crippen LogP contribution in [0.5, 0.6) is 0 Å². The van der Waals surface area contributed by atoms with Gasteiger partial charge >= 0.3 is 0 Å². The van der Waals surface area contributed by atoms with E-state index in [4.69, 9.17) is 19.3 Å². The van der Waals surface area contributed by atoms with Gasteiger partial charge in [0.2, 0.25) is 5.79 Å². The molecule has 2 saturated heterocycles. The Labute approximate surface area is 126 Å².